The van der Waals surface area contributed by atoms with E-state index < -0.39 is 0 Å². The average molecular weight is 323 g/mol. The van der Waals surface area contributed by atoms with Crippen LogP contribution in [0.3, 0.4) is 0 Å². The fourth-order valence-electron chi connectivity index (χ4n) is 3.13. The van der Waals surface area contributed by atoms with Crippen molar-refractivity contribution in [3.63, 3.8) is 0 Å². The Labute approximate surface area is 138 Å². The summed E-state index contributed by atoms with van der Waals surface area (Å²) in [4.78, 5) is 16.8. The molecule has 2 heterocycles. The smallest absolute Gasteiger partial charge is 0.238 e. The summed E-state index contributed by atoms with van der Waals surface area (Å²) in [7, 11) is 1.88. The highest BCUT2D eigenvalue weighted by molar-refractivity contribution is 5.93. The molecule has 7 heteroatoms. The van der Waals surface area contributed by atoms with Gasteiger partial charge in [-0.3, -0.25) is 19.3 Å². The maximum atomic E-state index is 12.3. The molecule has 130 valence electrons. The lowest BCUT2D eigenvalue weighted by Crippen LogP contribution is -2.52. The Balaban J connectivity index is 1.83. The van der Waals surface area contributed by atoms with Crippen molar-refractivity contribution in [1.29, 1.82) is 0 Å². The Hall–Kier alpha value is -1.44. The number of piperazine rings is 1. The minimum absolute atomic E-state index is 0.00634. The van der Waals surface area contributed by atoms with E-state index >= 15 is 0 Å². The molecule has 0 aromatic carbocycles. The molecule has 0 radical (unpaired) electrons. The highest BCUT2D eigenvalue weighted by Gasteiger charge is 2.23. The molecule has 1 amide bonds. The van der Waals surface area contributed by atoms with E-state index in [9.17, 15) is 9.90 Å². The SMILES string of the molecule is CCC(CO)N1CCN(CC(=O)Nc2c(C)nn(C)c2C)CC1. The number of carbonyl (C=O) groups excluding carboxylic acids is 1. The van der Waals surface area contributed by atoms with E-state index in [2.05, 4.69) is 27.1 Å². The van der Waals surface area contributed by atoms with Crippen LogP contribution in [0, 0.1) is 13.8 Å². The van der Waals surface area contributed by atoms with E-state index in [1.807, 2.05) is 20.9 Å². The normalized spacial score (nSPS) is 18.1. The van der Waals surface area contributed by atoms with E-state index in [1.54, 1.807) is 4.68 Å². The molecule has 1 aliphatic heterocycles. The van der Waals surface area contributed by atoms with Crippen molar-refractivity contribution in [1.82, 2.24) is 19.6 Å². The Morgan fingerprint density at radius 2 is 1.96 bits per heavy atom. The second kappa shape index (κ2) is 7.90. The number of aliphatic hydroxyl groups is 1. The van der Waals surface area contributed by atoms with Gasteiger partial charge in [0.25, 0.3) is 0 Å². The highest BCUT2D eigenvalue weighted by atomic mass is 16.3. The molecule has 2 rings (SSSR count). The Bertz CT molecular complexity index is 531. The molecule has 1 atom stereocenters. The van der Waals surface area contributed by atoms with Crippen molar-refractivity contribution in [2.75, 3.05) is 44.6 Å². The minimum atomic E-state index is 0.00634. The average Bonchev–Trinajstić information content (AvgIpc) is 2.76. The highest BCUT2D eigenvalue weighted by Crippen LogP contribution is 2.18. The molecule has 0 aliphatic carbocycles. The van der Waals surface area contributed by atoms with Gasteiger partial charge in [-0.1, -0.05) is 6.92 Å². The van der Waals surface area contributed by atoms with Crippen LogP contribution in [0.4, 0.5) is 5.69 Å². The fraction of sp³-hybridized carbons (Fsp3) is 0.750. The van der Waals surface area contributed by atoms with Gasteiger partial charge in [-0.05, 0) is 20.3 Å². The van der Waals surface area contributed by atoms with Crippen molar-refractivity contribution in [2.24, 2.45) is 7.05 Å². The lowest BCUT2D eigenvalue weighted by Gasteiger charge is -2.38. The van der Waals surface area contributed by atoms with E-state index in [0.29, 0.717) is 6.54 Å². The molecule has 0 saturated carbocycles. The van der Waals surface area contributed by atoms with Gasteiger partial charge in [-0.2, -0.15) is 5.10 Å². The predicted octanol–water partition coefficient (Wildman–Crippen LogP) is 0.364. The summed E-state index contributed by atoms with van der Waals surface area (Å²) in [6.45, 7) is 10.1. The van der Waals surface area contributed by atoms with Gasteiger partial charge in [-0.25, -0.2) is 0 Å². The topological polar surface area (TPSA) is 73.6 Å². The second-order valence-electron chi connectivity index (χ2n) is 6.27. The monoisotopic (exact) mass is 323 g/mol. The number of amides is 1. The first kappa shape index (κ1) is 17.9. The van der Waals surface area contributed by atoms with Crippen LogP contribution < -0.4 is 5.32 Å². The molecule has 1 fully saturated rings. The van der Waals surface area contributed by atoms with E-state index in [0.717, 1.165) is 49.7 Å². The van der Waals surface area contributed by atoms with Gasteiger partial charge in [0.05, 0.1) is 30.2 Å². The quantitative estimate of drug-likeness (QED) is 0.791. The predicted molar refractivity (Wildman–Crippen MR) is 90.5 cm³/mol. The number of nitrogens with one attached hydrogen (secondary N) is 1. The van der Waals surface area contributed by atoms with Gasteiger partial charge in [0, 0.05) is 39.3 Å². The van der Waals surface area contributed by atoms with Crippen molar-refractivity contribution in [3.05, 3.63) is 11.4 Å². The maximum Gasteiger partial charge on any atom is 0.238 e. The molecule has 0 spiro atoms. The molecule has 1 saturated heterocycles. The van der Waals surface area contributed by atoms with Crippen LogP contribution in [0.2, 0.25) is 0 Å². The molecular weight excluding hydrogens is 294 g/mol. The summed E-state index contributed by atoms with van der Waals surface area (Å²) in [6.07, 6.45) is 0.955. The first-order valence-electron chi connectivity index (χ1n) is 8.33. The van der Waals surface area contributed by atoms with Crippen LogP contribution >= 0.6 is 0 Å². The summed E-state index contributed by atoms with van der Waals surface area (Å²) < 4.78 is 1.78. The zero-order chi connectivity index (χ0) is 17.0. The molecule has 1 aromatic rings. The summed E-state index contributed by atoms with van der Waals surface area (Å²) in [5.41, 5.74) is 2.63. The van der Waals surface area contributed by atoms with Gasteiger partial charge < -0.3 is 10.4 Å². The zero-order valence-electron chi connectivity index (χ0n) is 14.7. The molecule has 2 N–H and O–H groups in total. The molecule has 7 nitrogen and oxygen atoms in total. The Kier molecular flexibility index (Phi) is 6.15. The third-order valence-electron chi connectivity index (χ3n) is 4.75. The minimum Gasteiger partial charge on any atom is -0.395 e. The number of rotatable bonds is 6. The molecular formula is C16H29N5O2. The van der Waals surface area contributed by atoms with Crippen LogP contribution in [-0.2, 0) is 11.8 Å². The van der Waals surface area contributed by atoms with E-state index in [4.69, 9.17) is 0 Å². The Morgan fingerprint density at radius 3 is 2.43 bits per heavy atom. The summed E-state index contributed by atoms with van der Waals surface area (Å²) in [5, 5.41) is 16.7. The van der Waals surface area contributed by atoms with Crippen LogP contribution in [0.15, 0.2) is 0 Å². The largest absolute Gasteiger partial charge is 0.395 e. The van der Waals surface area contributed by atoms with Gasteiger partial charge in [0.2, 0.25) is 5.91 Å². The van der Waals surface area contributed by atoms with Crippen molar-refractivity contribution in [2.45, 2.75) is 33.2 Å². The maximum absolute atomic E-state index is 12.3. The number of hydrogen-bond donors (Lipinski definition) is 2. The molecule has 1 unspecified atom stereocenters. The van der Waals surface area contributed by atoms with Crippen LogP contribution in [0.25, 0.3) is 0 Å². The third kappa shape index (κ3) is 4.31. The summed E-state index contributed by atoms with van der Waals surface area (Å²) in [6, 6.07) is 0.242. The van der Waals surface area contributed by atoms with Crippen molar-refractivity contribution < 1.29 is 9.90 Å². The van der Waals surface area contributed by atoms with E-state index in [-0.39, 0.29) is 18.6 Å². The molecule has 1 aliphatic rings. The molecule has 0 bridgehead atoms. The van der Waals surface area contributed by atoms with Crippen molar-refractivity contribution >= 4 is 11.6 Å². The zero-order valence-corrected chi connectivity index (χ0v) is 14.7. The number of aliphatic hydroxyl groups excluding tert-OH is 1. The number of nitrogens with zero attached hydrogens (tertiary/aromatic N) is 4. The van der Waals surface area contributed by atoms with E-state index in [1.165, 1.54) is 0 Å². The van der Waals surface area contributed by atoms with Gasteiger partial charge in [-0.15, -0.1) is 0 Å². The number of aryl methyl sites for hydroxylation is 2. The van der Waals surface area contributed by atoms with Crippen molar-refractivity contribution in [3.8, 4) is 0 Å². The lowest BCUT2D eigenvalue weighted by molar-refractivity contribution is -0.117. The van der Waals surface area contributed by atoms with Gasteiger partial charge in [0.15, 0.2) is 0 Å². The van der Waals surface area contributed by atoms with Crippen LogP contribution in [0.1, 0.15) is 24.7 Å². The molecule has 1 aromatic heterocycles. The summed E-state index contributed by atoms with van der Waals surface area (Å²) >= 11 is 0. The van der Waals surface area contributed by atoms with Gasteiger partial charge >= 0.3 is 0 Å². The first-order valence-corrected chi connectivity index (χ1v) is 8.33. The lowest BCUT2D eigenvalue weighted by atomic mass is 10.1. The van der Waals surface area contributed by atoms with Gasteiger partial charge in [0.1, 0.15) is 0 Å². The first-order chi connectivity index (χ1) is 11.0. The fourth-order valence-corrected chi connectivity index (χ4v) is 3.13. The third-order valence-corrected chi connectivity index (χ3v) is 4.75. The summed E-state index contributed by atoms with van der Waals surface area (Å²) in [5.74, 6) is 0.00634. The molecule has 23 heavy (non-hydrogen) atoms. The van der Waals surface area contributed by atoms with Crippen LogP contribution in [-0.4, -0.2) is 76.0 Å². The standard InChI is InChI=1S/C16H29N5O2/c1-5-14(11-22)21-8-6-20(7-9-21)10-15(23)17-16-12(2)18-19(4)13(16)3/h14,22H,5-11H2,1-4H3,(H,17,23). The van der Waals surface area contributed by atoms with Crippen LogP contribution in [0.5, 0.6) is 0 Å². The Morgan fingerprint density at radius 1 is 1.30 bits per heavy atom. The number of hydrogen-bond acceptors (Lipinski definition) is 5. The second-order valence-corrected chi connectivity index (χ2v) is 6.27. The number of carbonyl (C=O) groups is 1. The number of aromatic nitrogens is 2. The number of anilines is 1.